The maximum atomic E-state index is 11.9. The fourth-order valence-corrected chi connectivity index (χ4v) is 2.55. The lowest BCUT2D eigenvalue weighted by Gasteiger charge is -2.28. The number of carbonyl (C=O) groups is 2. The topological polar surface area (TPSA) is 89.8 Å². The lowest BCUT2D eigenvalue weighted by molar-refractivity contribution is -0.307. The number of thioether (sulfide) groups is 1. The number of rotatable bonds is 6. The van der Waals surface area contributed by atoms with Gasteiger partial charge in [0, 0.05) is 19.1 Å². The van der Waals surface area contributed by atoms with Gasteiger partial charge in [0.15, 0.2) is 5.78 Å². The van der Waals surface area contributed by atoms with Gasteiger partial charge in [0.25, 0.3) is 0 Å². The largest absolute Gasteiger partial charge is 0.548 e. The van der Waals surface area contributed by atoms with E-state index in [9.17, 15) is 19.8 Å². The monoisotopic (exact) mass is 298 g/mol. The van der Waals surface area contributed by atoms with Gasteiger partial charge in [0.1, 0.15) is 5.76 Å². The van der Waals surface area contributed by atoms with Crippen LogP contribution in [0.5, 0.6) is 0 Å². The molecular weight excluding hydrogens is 278 g/mol. The van der Waals surface area contributed by atoms with E-state index < -0.39 is 12.0 Å². The quantitative estimate of drug-likeness (QED) is 0.742. The summed E-state index contributed by atoms with van der Waals surface area (Å²) in [4.78, 5) is 26.8. The Balaban J connectivity index is 2.86. The van der Waals surface area contributed by atoms with Crippen LogP contribution in [0.25, 0.3) is 0 Å². The molecule has 0 aliphatic heterocycles. The number of aliphatic carboxylic acids is 1. The van der Waals surface area contributed by atoms with E-state index in [1.54, 1.807) is 0 Å². The van der Waals surface area contributed by atoms with Crippen LogP contribution in [0.1, 0.15) is 33.1 Å². The van der Waals surface area contributed by atoms with E-state index in [0.717, 1.165) is 0 Å². The molecule has 5 nitrogen and oxygen atoms in total. The van der Waals surface area contributed by atoms with Gasteiger partial charge < -0.3 is 15.0 Å². The molecule has 0 bridgehead atoms. The Bertz CT molecular complexity index is 454. The van der Waals surface area contributed by atoms with Crippen LogP contribution in [0, 0.1) is 5.41 Å². The summed E-state index contributed by atoms with van der Waals surface area (Å²) in [6, 6.07) is -0.981. The summed E-state index contributed by atoms with van der Waals surface area (Å²) >= 11 is 1.52. The van der Waals surface area contributed by atoms with Crippen molar-refractivity contribution in [1.82, 2.24) is 0 Å². The van der Waals surface area contributed by atoms with E-state index in [-0.39, 0.29) is 22.5 Å². The Kier molecular flexibility index (Phi) is 5.80. The molecule has 6 heteroatoms. The highest BCUT2D eigenvalue weighted by molar-refractivity contribution is 7.98. The lowest BCUT2D eigenvalue weighted by Crippen LogP contribution is -2.35. The minimum atomic E-state index is -1.26. The molecule has 0 fully saturated rings. The summed E-state index contributed by atoms with van der Waals surface area (Å²) in [7, 11) is 0. The van der Waals surface area contributed by atoms with E-state index in [2.05, 4.69) is 4.99 Å². The fraction of sp³-hybridized carbons (Fsp3) is 0.643. The van der Waals surface area contributed by atoms with E-state index in [1.807, 2.05) is 20.1 Å². The molecule has 0 heterocycles. The lowest BCUT2D eigenvalue weighted by atomic mass is 9.77. The van der Waals surface area contributed by atoms with Crippen molar-refractivity contribution in [3.8, 4) is 0 Å². The Hall–Kier alpha value is -1.30. The van der Waals surface area contributed by atoms with Gasteiger partial charge >= 0.3 is 0 Å². The van der Waals surface area contributed by atoms with Crippen molar-refractivity contribution in [2.75, 3.05) is 12.0 Å². The molecule has 0 aromatic carbocycles. The van der Waals surface area contributed by atoms with Crippen LogP contribution in [-0.2, 0) is 9.59 Å². The first kappa shape index (κ1) is 16.8. The molecule has 112 valence electrons. The number of ketones is 1. The van der Waals surface area contributed by atoms with Crippen molar-refractivity contribution in [3.63, 3.8) is 0 Å². The van der Waals surface area contributed by atoms with Crippen LogP contribution in [0.15, 0.2) is 16.3 Å². The molecule has 1 atom stereocenters. The summed E-state index contributed by atoms with van der Waals surface area (Å²) in [6.45, 7) is 3.80. The maximum absolute atomic E-state index is 11.9. The second kappa shape index (κ2) is 6.92. The molecule has 0 amide bonds. The van der Waals surface area contributed by atoms with Crippen molar-refractivity contribution in [3.05, 3.63) is 11.3 Å². The maximum Gasteiger partial charge on any atom is 0.168 e. The molecule has 20 heavy (non-hydrogen) atoms. The highest BCUT2D eigenvalue weighted by Gasteiger charge is 2.32. The molecule has 0 unspecified atom stereocenters. The van der Waals surface area contributed by atoms with Crippen LogP contribution >= 0.6 is 11.8 Å². The highest BCUT2D eigenvalue weighted by atomic mass is 32.2. The first-order valence-corrected chi connectivity index (χ1v) is 7.84. The van der Waals surface area contributed by atoms with Gasteiger partial charge in [-0.05, 0) is 23.8 Å². The van der Waals surface area contributed by atoms with Crippen molar-refractivity contribution in [2.45, 2.75) is 39.2 Å². The third kappa shape index (κ3) is 4.67. The number of allylic oxidation sites excluding steroid dienone is 2. The molecule has 0 aromatic rings. The molecular formula is C14H20NO4S-. The van der Waals surface area contributed by atoms with Gasteiger partial charge in [0.2, 0.25) is 0 Å². The Labute approximate surface area is 123 Å². The molecule has 0 radical (unpaired) electrons. The third-order valence-electron chi connectivity index (χ3n) is 3.15. The van der Waals surface area contributed by atoms with Gasteiger partial charge in [-0.2, -0.15) is 11.8 Å². The van der Waals surface area contributed by atoms with Gasteiger partial charge in [-0.3, -0.25) is 9.79 Å². The predicted molar refractivity (Wildman–Crippen MR) is 78.0 cm³/mol. The minimum absolute atomic E-state index is 0.0167. The van der Waals surface area contributed by atoms with E-state index >= 15 is 0 Å². The number of hydrogen-bond donors (Lipinski definition) is 1. The second-order valence-electron chi connectivity index (χ2n) is 5.70. The Morgan fingerprint density at radius 1 is 1.55 bits per heavy atom. The zero-order chi connectivity index (χ0) is 15.3. The zero-order valence-corrected chi connectivity index (χ0v) is 12.8. The normalized spacial score (nSPS) is 20.4. The van der Waals surface area contributed by atoms with Gasteiger partial charge in [-0.1, -0.05) is 13.8 Å². The van der Waals surface area contributed by atoms with Crippen molar-refractivity contribution in [1.29, 1.82) is 0 Å². The molecule has 1 aliphatic rings. The molecule has 0 saturated heterocycles. The number of hydrogen-bond acceptors (Lipinski definition) is 6. The smallest absolute Gasteiger partial charge is 0.168 e. The van der Waals surface area contributed by atoms with Crippen molar-refractivity contribution in [2.24, 2.45) is 10.4 Å². The van der Waals surface area contributed by atoms with Crippen LogP contribution in [-0.4, -0.2) is 41.1 Å². The third-order valence-corrected chi connectivity index (χ3v) is 3.79. The van der Waals surface area contributed by atoms with Crippen LogP contribution in [0.4, 0.5) is 0 Å². The second-order valence-corrected chi connectivity index (χ2v) is 6.68. The number of aliphatic hydroxyl groups excluding tert-OH is 1. The van der Waals surface area contributed by atoms with Crippen molar-refractivity contribution >= 4 is 29.7 Å². The molecule has 0 aromatic heterocycles. The van der Waals surface area contributed by atoms with Gasteiger partial charge in [-0.25, -0.2) is 0 Å². The van der Waals surface area contributed by atoms with Crippen molar-refractivity contribution < 1.29 is 19.8 Å². The van der Waals surface area contributed by atoms with Gasteiger partial charge in [0.05, 0.1) is 17.6 Å². The summed E-state index contributed by atoms with van der Waals surface area (Å²) in [6.07, 6.45) is 4.11. The Morgan fingerprint density at radius 3 is 2.70 bits per heavy atom. The average Bonchev–Trinajstić information content (AvgIpc) is 2.29. The summed E-state index contributed by atoms with van der Waals surface area (Å²) in [5.41, 5.74) is -0.148. The highest BCUT2D eigenvalue weighted by Crippen LogP contribution is 2.35. The predicted octanol–water partition coefficient (Wildman–Crippen LogP) is 1.13. The van der Waals surface area contributed by atoms with E-state index in [4.69, 9.17) is 0 Å². The SMILES string of the molecule is CSCC[C@H](N=CC1=C(O)CC(C)(C)CC1=O)C(=O)[O-]. The standard InChI is InChI=1S/C14H21NO4S/c1-14(2)6-11(16)9(12(17)7-14)8-15-10(13(18)19)4-5-20-3/h8,10,16H,4-7H2,1-3H3,(H,18,19)/p-1/t10-/m0/s1. The fourth-order valence-electron chi connectivity index (χ4n) is 2.10. The molecule has 0 spiro atoms. The molecule has 1 N–H and O–H groups in total. The number of carbonyl (C=O) groups excluding carboxylic acids is 2. The number of aliphatic hydroxyl groups is 1. The first-order valence-electron chi connectivity index (χ1n) is 6.45. The Morgan fingerprint density at radius 2 is 2.20 bits per heavy atom. The summed E-state index contributed by atoms with van der Waals surface area (Å²) < 4.78 is 0. The van der Waals surface area contributed by atoms with Gasteiger partial charge in [-0.15, -0.1) is 0 Å². The van der Waals surface area contributed by atoms with Crippen LogP contribution < -0.4 is 5.11 Å². The summed E-state index contributed by atoms with van der Waals surface area (Å²) in [5, 5.41) is 20.8. The zero-order valence-electron chi connectivity index (χ0n) is 12.0. The number of carboxylic acid groups (broad SMARTS) is 1. The van der Waals surface area contributed by atoms with Crippen LogP contribution in [0.3, 0.4) is 0 Å². The molecule has 1 rings (SSSR count). The van der Waals surface area contributed by atoms with E-state index in [0.29, 0.717) is 25.0 Å². The first-order chi connectivity index (χ1) is 9.26. The molecule has 1 aliphatic carbocycles. The number of Topliss-reactive ketones (excluding diaryl/α,β-unsaturated/α-hetero) is 1. The number of nitrogens with zero attached hydrogens (tertiary/aromatic N) is 1. The van der Waals surface area contributed by atoms with Crippen LogP contribution in [0.2, 0.25) is 0 Å². The minimum Gasteiger partial charge on any atom is -0.548 e. The number of carboxylic acids is 1. The van der Waals surface area contributed by atoms with E-state index in [1.165, 1.54) is 18.0 Å². The number of aliphatic imine (C=N–C) groups is 1. The summed E-state index contributed by atoms with van der Waals surface area (Å²) in [5.74, 6) is -0.845. The average molecular weight is 298 g/mol. The molecule has 0 saturated carbocycles.